The van der Waals surface area contributed by atoms with Crippen LogP contribution in [0.3, 0.4) is 0 Å². The Kier molecular flexibility index (Phi) is 7.35. The molecule has 45 heavy (non-hydrogen) atoms. The fourth-order valence-electron chi connectivity index (χ4n) is 6.20. The van der Waals surface area contributed by atoms with Gasteiger partial charge in [-0.2, -0.15) is 10.1 Å². The Bertz CT molecular complexity index is 1830. The van der Waals surface area contributed by atoms with Gasteiger partial charge in [0.2, 0.25) is 11.8 Å². The number of Topliss-reactive ketones (excluding diaryl/α,β-unsaturated/α-hetero) is 1. The molecule has 2 N–H and O–H groups in total. The highest BCUT2D eigenvalue weighted by Crippen LogP contribution is 2.59. The van der Waals surface area contributed by atoms with Crippen molar-refractivity contribution in [2.75, 3.05) is 5.32 Å². The molecule has 2 aliphatic rings. The number of aliphatic hydroxyl groups is 1. The van der Waals surface area contributed by atoms with E-state index in [1.54, 1.807) is 44.1 Å². The lowest BCUT2D eigenvalue weighted by Crippen LogP contribution is -2.49. The molecular weight excluding hydrogens is 593 g/mol. The molecule has 6 rings (SSSR count). The van der Waals surface area contributed by atoms with E-state index in [0.717, 1.165) is 12.5 Å². The number of hydrogen-bond donors (Lipinski definition) is 2. The third kappa shape index (κ3) is 5.84. The number of nitrogens with one attached hydrogen (secondary N) is 1. The summed E-state index contributed by atoms with van der Waals surface area (Å²) in [6.07, 6.45) is -1.62. The van der Waals surface area contributed by atoms with E-state index in [1.165, 1.54) is 17.7 Å². The predicted octanol–water partition coefficient (Wildman–Crippen LogP) is 4.12. The highest BCUT2D eigenvalue weighted by molar-refractivity contribution is 6.06. The molecule has 15 heteroatoms. The number of hydrogen-bond acceptors (Lipinski definition) is 10. The summed E-state index contributed by atoms with van der Waals surface area (Å²) in [5.74, 6) is -0.936. The Balaban J connectivity index is 1.28. The normalized spacial score (nSPS) is 21.9. The lowest BCUT2D eigenvalue weighted by Gasteiger charge is -2.31. The number of likely N-dealkylation sites (tertiary alicyclic amines) is 1. The van der Waals surface area contributed by atoms with Crippen LogP contribution in [0.5, 0.6) is 5.88 Å². The molecule has 4 atom stereocenters. The zero-order valence-electron chi connectivity index (χ0n) is 25.2. The number of ether oxygens (including phenoxy) is 1. The number of aliphatic hydroxyl groups excluding tert-OH is 1. The standard InChI is InChI=1S/C30H31F3N8O4/c1-14-6-7-23(45-30(31,32)33)37-27(14)38-28(44)21-9-29(5)10-22(29)41(21)24(43)13-40-26-15(2)36-20(18-11-34-17(4)35-12-18)8-19(26)25(39-40)16(3)42/h6-8,11-12,21-22,24,43H,9-10,13H2,1-5H3,(H,37,38,44)/t21-,22+,24?,29-/m0/s1. The molecule has 1 saturated heterocycles. The van der Waals surface area contributed by atoms with E-state index >= 15 is 0 Å². The number of pyridine rings is 2. The van der Waals surface area contributed by atoms with Crippen LogP contribution in [0.2, 0.25) is 0 Å². The summed E-state index contributed by atoms with van der Waals surface area (Å²) in [5, 5.41) is 19.3. The molecule has 4 aromatic heterocycles. The van der Waals surface area contributed by atoms with Gasteiger partial charge in [-0.3, -0.25) is 24.2 Å². The maximum Gasteiger partial charge on any atom is 0.574 e. The largest absolute Gasteiger partial charge is 0.574 e. The first kappa shape index (κ1) is 30.5. The van der Waals surface area contributed by atoms with Crippen LogP contribution in [0.1, 0.15) is 54.3 Å². The quantitative estimate of drug-likeness (QED) is 0.274. The van der Waals surface area contributed by atoms with Crippen molar-refractivity contribution < 1.29 is 32.6 Å². The van der Waals surface area contributed by atoms with Crippen molar-refractivity contribution in [2.24, 2.45) is 5.41 Å². The second kappa shape index (κ2) is 10.8. The van der Waals surface area contributed by atoms with Crippen molar-refractivity contribution in [2.45, 2.75) is 78.7 Å². The first-order valence-corrected chi connectivity index (χ1v) is 14.3. The number of aromatic nitrogens is 6. The monoisotopic (exact) mass is 624 g/mol. The summed E-state index contributed by atoms with van der Waals surface area (Å²) in [5.41, 5.74) is 2.82. The number of piperidine rings is 1. The third-order valence-corrected chi connectivity index (χ3v) is 8.51. The molecule has 236 valence electrons. The average Bonchev–Trinajstić information content (AvgIpc) is 3.30. The molecule has 0 spiro atoms. The highest BCUT2D eigenvalue weighted by atomic mass is 19.4. The van der Waals surface area contributed by atoms with E-state index in [9.17, 15) is 27.9 Å². The van der Waals surface area contributed by atoms with Gasteiger partial charge in [0.05, 0.1) is 29.5 Å². The second-order valence-corrected chi connectivity index (χ2v) is 12.0. The molecule has 0 aromatic carbocycles. The number of anilines is 1. The minimum absolute atomic E-state index is 0.0671. The Morgan fingerprint density at radius 1 is 1.16 bits per heavy atom. The zero-order chi connectivity index (χ0) is 32.4. The van der Waals surface area contributed by atoms with Crippen LogP contribution >= 0.6 is 0 Å². The van der Waals surface area contributed by atoms with Gasteiger partial charge in [-0.15, -0.1) is 13.2 Å². The number of ketones is 1. The first-order valence-electron chi connectivity index (χ1n) is 14.3. The number of halogens is 3. The molecule has 1 unspecified atom stereocenters. The number of carbonyl (C=O) groups excluding carboxylic acids is 2. The number of amides is 1. The summed E-state index contributed by atoms with van der Waals surface area (Å²) in [6, 6.07) is 3.29. The fourth-order valence-corrected chi connectivity index (χ4v) is 6.20. The molecule has 0 radical (unpaired) electrons. The van der Waals surface area contributed by atoms with Gasteiger partial charge in [-0.25, -0.2) is 9.97 Å². The minimum Gasteiger partial charge on any atom is -0.388 e. The summed E-state index contributed by atoms with van der Waals surface area (Å²) in [7, 11) is 0. The topological polar surface area (TPSA) is 148 Å². The number of nitrogens with zero attached hydrogens (tertiary/aromatic N) is 7. The molecule has 2 fully saturated rings. The summed E-state index contributed by atoms with van der Waals surface area (Å²) >= 11 is 0. The maximum atomic E-state index is 13.5. The Labute approximate surface area is 255 Å². The van der Waals surface area contributed by atoms with E-state index in [1.807, 2.05) is 6.92 Å². The summed E-state index contributed by atoms with van der Waals surface area (Å²) in [6.45, 7) is 8.52. The summed E-state index contributed by atoms with van der Waals surface area (Å²) < 4.78 is 43.7. The van der Waals surface area contributed by atoms with Gasteiger partial charge in [0.15, 0.2) is 5.78 Å². The Hall–Kier alpha value is -4.50. The smallest absolute Gasteiger partial charge is 0.388 e. The van der Waals surface area contributed by atoms with Crippen molar-refractivity contribution in [3.05, 3.63) is 53.4 Å². The van der Waals surface area contributed by atoms with Crippen molar-refractivity contribution >= 4 is 28.4 Å². The van der Waals surface area contributed by atoms with E-state index in [0.29, 0.717) is 45.7 Å². The fraction of sp³-hybridized carbons (Fsp3) is 0.433. The number of alkyl halides is 3. The third-order valence-electron chi connectivity index (χ3n) is 8.51. The van der Waals surface area contributed by atoms with Gasteiger partial charge < -0.3 is 15.2 Å². The van der Waals surface area contributed by atoms with Crippen LogP contribution in [0.15, 0.2) is 30.6 Å². The van der Waals surface area contributed by atoms with Gasteiger partial charge in [0.1, 0.15) is 23.6 Å². The average molecular weight is 625 g/mol. The predicted molar refractivity (Wildman–Crippen MR) is 155 cm³/mol. The molecular formula is C30H31F3N8O4. The van der Waals surface area contributed by atoms with Gasteiger partial charge in [0, 0.05) is 42.4 Å². The van der Waals surface area contributed by atoms with Gasteiger partial charge >= 0.3 is 6.36 Å². The van der Waals surface area contributed by atoms with Crippen molar-refractivity contribution in [3.8, 4) is 17.1 Å². The van der Waals surface area contributed by atoms with Crippen molar-refractivity contribution in [1.82, 2.24) is 34.6 Å². The Morgan fingerprint density at radius 3 is 2.53 bits per heavy atom. The van der Waals surface area contributed by atoms with Crippen molar-refractivity contribution in [1.29, 1.82) is 0 Å². The molecule has 5 heterocycles. The van der Waals surface area contributed by atoms with E-state index in [-0.39, 0.29) is 35.3 Å². The summed E-state index contributed by atoms with van der Waals surface area (Å²) in [4.78, 5) is 44.9. The van der Waals surface area contributed by atoms with Crippen LogP contribution < -0.4 is 10.1 Å². The molecule has 4 aromatic rings. The molecule has 1 aliphatic carbocycles. The molecule has 12 nitrogen and oxygen atoms in total. The van der Waals surface area contributed by atoms with E-state index in [2.05, 4.69) is 30.1 Å². The van der Waals surface area contributed by atoms with Crippen LogP contribution in [-0.2, 0) is 11.3 Å². The lowest BCUT2D eigenvalue weighted by atomic mass is 10.0. The van der Waals surface area contributed by atoms with Gasteiger partial charge in [-0.1, -0.05) is 13.0 Å². The second-order valence-electron chi connectivity index (χ2n) is 12.0. The van der Waals surface area contributed by atoms with E-state index in [4.69, 9.17) is 4.98 Å². The van der Waals surface area contributed by atoms with Crippen molar-refractivity contribution in [3.63, 3.8) is 0 Å². The molecule has 1 saturated carbocycles. The number of aryl methyl sites for hydroxylation is 3. The van der Waals surface area contributed by atoms with Crippen LogP contribution in [0.25, 0.3) is 22.2 Å². The van der Waals surface area contributed by atoms with E-state index < -0.39 is 30.4 Å². The molecule has 1 amide bonds. The molecule has 1 aliphatic heterocycles. The number of fused-ring (bicyclic) bond motifs is 2. The first-order chi connectivity index (χ1) is 21.1. The van der Waals surface area contributed by atoms with Crippen LogP contribution in [0, 0.1) is 26.2 Å². The molecule has 0 bridgehead atoms. The zero-order valence-corrected chi connectivity index (χ0v) is 25.2. The van der Waals surface area contributed by atoms with Crippen LogP contribution in [0.4, 0.5) is 19.0 Å². The Morgan fingerprint density at radius 2 is 1.87 bits per heavy atom. The minimum atomic E-state index is -4.94. The SMILES string of the molecule is CC(=O)c1nn(CC(O)N2[C@H](C(=O)Nc3nc(OC(F)(F)F)ccc3C)C[C@@]3(C)C[C@@H]23)c2c(C)nc(-c3cnc(C)nc3)cc12. The number of rotatable bonds is 8. The number of carbonyl (C=O) groups is 2. The van der Waals surface area contributed by atoms with Crippen LogP contribution in [-0.4, -0.2) is 76.1 Å². The van der Waals surface area contributed by atoms with Gasteiger partial charge in [-0.05, 0) is 50.7 Å². The lowest BCUT2D eigenvalue weighted by molar-refractivity contribution is -0.276. The maximum absolute atomic E-state index is 13.5. The van der Waals surface area contributed by atoms with Gasteiger partial charge in [0.25, 0.3) is 0 Å². The highest BCUT2D eigenvalue weighted by Gasteiger charge is 2.64.